The van der Waals surface area contributed by atoms with Gasteiger partial charge in [-0.05, 0) is 26.4 Å². The molecule has 0 aliphatic rings. The molecule has 0 radical (unpaired) electrons. The monoisotopic (exact) mass is 430 g/mol. The number of hydrogen-bond donors (Lipinski definition) is 6. The summed E-state index contributed by atoms with van der Waals surface area (Å²) in [6, 6.07) is 0. The predicted molar refractivity (Wildman–Crippen MR) is 97.3 cm³/mol. The number of unbranched alkanes of at least 4 members (excludes halogenated alkanes) is 4. The number of rotatable bonds is 12. The van der Waals surface area contributed by atoms with E-state index >= 15 is 0 Å². The first kappa shape index (κ1) is 31.9. The first-order valence-electron chi connectivity index (χ1n) is 8.50. The van der Waals surface area contributed by atoms with Gasteiger partial charge in [0.2, 0.25) is 0 Å². The minimum atomic E-state index is -5.33. The maximum Gasteiger partial charge on any atom is 1.00 e. The summed E-state index contributed by atoms with van der Waals surface area (Å²) in [6.07, 6.45) is 5.52. The molecule has 0 aliphatic heterocycles. The first-order valence-corrected chi connectivity index (χ1v) is 11.7. The fourth-order valence-electron chi connectivity index (χ4n) is 1.91. The minimum absolute atomic E-state index is 0. The fraction of sp³-hybridized carbons (Fsp3) is 1.00. The van der Waals surface area contributed by atoms with Gasteiger partial charge in [0, 0.05) is 19.6 Å². The van der Waals surface area contributed by atoms with Crippen LogP contribution < -0.4 is 29.6 Å². The van der Waals surface area contributed by atoms with E-state index in [1.165, 1.54) is 6.42 Å². The van der Waals surface area contributed by atoms with Crippen LogP contribution in [-0.4, -0.2) is 66.5 Å². The molecule has 0 aromatic heterocycles. The minimum Gasteiger partial charge on any atom is -0.396 e. The molecule has 154 valence electrons. The van der Waals surface area contributed by atoms with Crippen molar-refractivity contribution in [1.29, 1.82) is 0 Å². The standard InChI is InChI=1S/C9H23NO7P2.C5H12O.Na/c1-3-4-5-7-10(2)8-6-9(11,18(12,13)14)19(15,16)17;1-2-3-4-5-6;/h11H,3-8H2,1-2H3,(H2,12,13,14)(H2,15,16,17);6H,2-5H2,1H3;/q;;+1. The summed E-state index contributed by atoms with van der Waals surface area (Å²) >= 11 is 0. The third-order valence-corrected chi connectivity index (χ3v) is 7.54. The summed E-state index contributed by atoms with van der Waals surface area (Å²) in [7, 11) is -9.00. The number of aliphatic hydroxyl groups is 2. The number of hydrogen-bond acceptors (Lipinski definition) is 5. The van der Waals surface area contributed by atoms with Crippen LogP contribution >= 0.6 is 15.2 Å². The molecular formula is C14H35NNaO8P2+. The molecule has 0 heterocycles. The van der Waals surface area contributed by atoms with Gasteiger partial charge in [0.05, 0.1) is 0 Å². The second-order valence-corrected chi connectivity index (χ2v) is 10.1. The summed E-state index contributed by atoms with van der Waals surface area (Å²) in [4.78, 5) is 37.5. The molecule has 0 aliphatic carbocycles. The van der Waals surface area contributed by atoms with E-state index in [0.29, 0.717) is 13.2 Å². The summed E-state index contributed by atoms with van der Waals surface area (Å²) in [5.74, 6) is 0. The molecule has 26 heavy (non-hydrogen) atoms. The van der Waals surface area contributed by atoms with Gasteiger partial charge < -0.3 is 34.7 Å². The first-order chi connectivity index (χ1) is 11.4. The average molecular weight is 430 g/mol. The van der Waals surface area contributed by atoms with Gasteiger partial charge in [-0.2, -0.15) is 0 Å². The molecule has 0 unspecified atom stereocenters. The van der Waals surface area contributed by atoms with Crippen molar-refractivity contribution in [2.45, 2.75) is 63.9 Å². The SMILES string of the molecule is CCCCCN(C)CCC(O)(P(=O)(O)O)P(=O)(O)O.CCCCCO.[Na+]. The van der Waals surface area contributed by atoms with Crippen LogP contribution in [0.15, 0.2) is 0 Å². The molecule has 0 saturated heterocycles. The van der Waals surface area contributed by atoms with Crippen LogP contribution in [0, 0.1) is 0 Å². The summed E-state index contributed by atoms with van der Waals surface area (Å²) in [6.45, 7) is 5.12. The molecule has 0 saturated carbocycles. The van der Waals surface area contributed by atoms with Gasteiger partial charge in [0.25, 0.3) is 5.08 Å². The largest absolute Gasteiger partial charge is 1.00 e. The van der Waals surface area contributed by atoms with E-state index in [1.807, 2.05) is 6.92 Å². The summed E-state index contributed by atoms with van der Waals surface area (Å²) in [5.41, 5.74) is 0. The van der Waals surface area contributed by atoms with Crippen molar-refractivity contribution in [3.63, 3.8) is 0 Å². The fourth-order valence-corrected chi connectivity index (χ4v) is 4.05. The van der Waals surface area contributed by atoms with Gasteiger partial charge in [-0.25, -0.2) is 0 Å². The van der Waals surface area contributed by atoms with Crippen LogP contribution in [-0.2, 0) is 9.13 Å². The molecule has 0 fully saturated rings. The van der Waals surface area contributed by atoms with Crippen molar-refractivity contribution in [1.82, 2.24) is 4.90 Å². The Morgan fingerprint density at radius 1 is 0.846 bits per heavy atom. The molecule has 0 aromatic carbocycles. The molecule has 0 rings (SSSR count). The van der Waals surface area contributed by atoms with Crippen molar-refractivity contribution >= 4 is 15.2 Å². The average Bonchev–Trinajstić information content (AvgIpc) is 2.49. The van der Waals surface area contributed by atoms with E-state index in [-0.39, 0.29) is 36.1 Å². The molecular weight excluding hydrogens is 395 g/mol. The van der Waals surface area contributed by atoms with Crippen LogP contribution in [0.1, 0.15) is 58.8 Å². The molecule has 9 nitrogen and oxygen atoms in total. The van der Waals surface area contributed by atoms with Gasteiger partial charge >= 0.3 is 44.7 Å². The van der Waals surface area contributed by atoms with Gasteiger partial charge in [0.1, 0.15) is 0 Å². The van der Waals surface area contributed by atoms with E-state index in [1.54, 1.807) is 11.9 Å². The molecule has 0 aromatic rings. The Bertz CT molecular complexity index is 403. The second kappa shape index (κ2) is 16.0. The van der Waals surface area contributed by atoms with E-state index in [9.17, 15) is 14.2 Å². The summed E-state index contributed by atoms with van der Waals surface area (Å²) < 4.78 is 22.2. The topological polar surface area (TPSA) is 159 Å². The zero-order chi connectivity index (χ0) is 20.1. The Morgan fingerprint density at radius 3 is 1.58 bits per heavy atom. The third kappa shape index (κ3) is 13.4. The predicted octanol–water partition coefficient (Wildman–Crippen LogP) is -1.33. The summed E-state index contributed by atoms with van der Waals surface area (Å²) in [5, 5.41) is 14.5. The smallest absolute Gasteiger partial charge is 0.396 e. The molecule has 0 bridgehead atoms. The van der Waals surface area contributed by atoms with Crippen LogP contribution in [0.25, 0.3) is 0 Å². The van der Waals surface area contributed by atoms with Crippen LogP contribution in [0.2, 0.25) is 0 Å². The van der Waals surface area contributed by atoms with Crippen molar-refractivity contribution in [3.05, 3.63) is 0 Å². The van der Waals surface area contributed by atoms with Crippen molar-refractivity contribution in [2.75, 3.05) is 26.7 Å². The second-order valence-electron chi connectivity index (χ2n) is 6.05. The number of aliphatic hydroxyl groups excluding tert-OH is 1. The zero-order valence-electron chi connectivity index (χ0n) is 16.4. The van der Waals surface area contributed by atoms with E-state index in [2.05, 4.69) is 6.92 Å². The molecule has 0 spiro atoms. The quantitative estimate of drug-likeness (QED) is 0.125. The third-order valence-electron chi connectivity index (χ3n) is 3.67. The Morgan fingerprint density at radius 2 is 1.27 bits per heavy atom. The normalized spacial score (nSPS) is 12.4. The van der Waals surface area contributed by atoms with Gasteiger partial charge in [-0.3, -0.25) is 9.13 Å². The van der Waals surface area contributed by atoms with Crippen molar-refractivity contribution < 1.29 is 68.5 Å². The Hall–Kier alpha value is 1.18. The maximum atomic E-state index is 11.1. The Balaban J connectivity index is -0.000000649. The molecule has 0 amide bonds. The van der Waals surface area contributed by atoms with E-state index in [0.717, 1.165) is 32.1 Å². The zero-order valence-corrected chi connectivity index (χ0v) is 20.2. The van der Waals surface area contributed by atoms with Crippen LogP contribution in [0.4, 0.5) is 0 Å². The molecule has 0 atom stereocenters. The van der Waals surface area contributed by atoms with Gasteiger partial charge in [-0.15, -0.1) is 0 Å². The van der Waals surface area contributed by atoms with Gasteiger partial charge in [-0.1, -0.05) is 39.5 Å². The molecule has 6 N–H and O–H groups in total. The molecule has 12 heteroatoms. The Kier molecular flexibility index (Phi) is 19.6. The van der Waals surface area contributed by atoms with E-state index in [4.69, 9.17) is 24.7 Å². The maximum absolute atomic E-state index is 11.1. The van der Waals surface area contributed by atoms with Crippen LogP contribution in [0.5, 0.6) is 0 Å². The number of nitrogens with zero attached hydrogens (tertiary/aromatic N) is 1. The van der Waals surface area contributed by atoms with Crippen molar-refractivity contribution in [3.8, 4) is 0 Å². The Labute approximate surface area is 178 Å². The van der Waals surface area contributed by atoms with Crippen LogP contribution in [0.3, 0.4) is 0 Å². The van der Waals surface area contributed by atoms with E-state index < -0.39 is 26.7 Å². The van der Waals surface area contributed by atoms with Crippen molar-refractivity contribution in [2.24, 2.45) is 0 Å². The van der Waals surface area contributed by atoms with Gasteiger partial charge in [0.15, 0.2) is 0 Å².